The van der Waals surface area contributed by atoms with Crippen molar-refractivity contribution < 1.29 is 9.53 Å². The number of hydrogen-bond acceptors (Lipinski definition) is 5. The predicted molar refractivity (Wildman–Crippen MR) is 71.7 cm³/mol. The van der Waals surface area contributed by atoms with Crippen LogP contribution in [0.15, 0.2) is 5.16 Å². The molecule has 0 radical (unpaired) electrons. The summed E-state index contributed by atoms with van der Waals surface area (Å²) in [6.07, 6.45) is 0. The van der Waals surface area contributed by atoms with Crippen LogP contribution in [0.4, 0.5) is 0 Å². The van der Waals surface area contributed by atoms with Crippen molar-refractivity contribution in [3.63, 3.8) is 0 Å². The van der Waals surface area contributed by atoms with E-state index >= 15 is 0 Å². The van der Waals surface area contributed by atoms with Crippen LogP contribution in [0.2, 0.25) is 0 Å². The summed E-state index contributed by atoms with van der Waals surface area (Å²) in [5.41, 5.74) is 3.06. The number of rotatable bonds is 4. The van der Waals surface area contributed by atoms with Crippen LogP contribution in [0.25, 0.3) is 0 Å². The minimum absolute atomic E-state index is 0.280. The molecule has 1 unspecified atom stereocenters. The summed E-state index contributed by atoms with van der Waals surface area (Å²) in [4.78, 5) is 19.6. The summed E-state index contributed by atoms with van der Waals surface area (Å²) >= 11 is 4.70. The van der Waals surface area contributed by atoms with Crippen molar-refractivity contribution in [1.29, 1.82) is 0 Å². The lowest BCUT2D eigenvalue weighted by atomic mass is 10.2. The van der Waals surface area contributed by atoms with E-state index in [0.717, 1.165) is 17.0 Å². The highest BCUT2D eigenvalue weighted by atomic mass is 79.9. The molecule has 0 aromatic carbocycles. The Labute approximate surface area is 114 Å². The third-order valence-corrected chi connectivity index (χ3v) is 4.49. The van der Waals surface area contributed by atoms with Gasteiger partial charge in [0.25, 0.3) is 0 Å². The fourth-order valence-corrected chi connectivity index (χ4v) is 2.57. The van der Waals surface area contributed by atoms with Gasteiger partial charge in [-0.3, -0.25) is 4.79 Å². The number of thioether (sulfide) groups is 1. The Morgan fingerprint density at radius 2 is 1.88 bits per heavy atom. The van der Waals surface area contributed by atoms with E-state index in [1.807, 2.05) is 20.8 Å². The van der Waals surface area contributed by atoms with Gasteiger partial charge >= 0.3 is 5.97 Å². The molecule has 1 heterocycles. The fourth-order valence-electron chi connectivity index (χ4n) is 1.15. The van der Waals surface area contributed by atoms with Crippen LogP contribution in [-0.2, 0) is 9.53 Å². The number of esters is 1. The van der Waals surface area contributed by atoms with E-state index in [0.29, 0.717) is 10.9 Å². The van der Waals surface area contributed by atoms with Gasteiger partial charge in [0, 0.05) is 17.1 Å². The first kappa shape index (κ1) is 14.4. The highest BCUT2D eigenvalue weighted by Crippen LogP contribution is 2.20. The van der Waals surface area contributed by atoms with Gasteiger partial charge in [0.2, 0.25) is 0 Å². The van der Waals surface area contributed by atoms with E-state index in [-0.39, 0.29) is 10.8 Å². The Balaban J connectivity index is 2.67. The highest BCUT2D eigenvalue weighted by Gasteiger charge is 2.16. The molecule has 0 aliphatic rings. The van der Waals surface area contributed by atoms with Crippen LogP contribution in [0, 0.1) is 20.8 Å². The van der Waals surface area contributed by atoms with Gasteiger partial charge in [0.1, 0.15) is 4.83 Å². The number of aromatic nitrogens is 2. The summed E-state index contributed by atoms with van der Waals surface area (Å²) in [6, 6.07) is 0. The summed E-state index contributed by atoms with van der Waals surface area (Å²) in [5.74, 6) is 0.271. The maximum absolute atomic E-state index is 11.2. The zero-order valence-corrected chi connectivity index (χ0v) is 12.7. The van der Waals surface area contributed by atoms with Crippen LogP contribution >= 0.6 is 27.7 Å². The molecule has 0 fully saturated rings. The molecule has 1 aromatic rings. The zero-order valence-electron chi connectivity index (χ0n) is 10.3. The molecule has 1 atom stereocenters. The average molecular weight is 319 g/mol. The maximum atomic E-state index is 11.2. The van der Waals surface area contributed by atoms with Crippen molar-refractivity contribution in [2.24, 2.45) is 0 Å². The quantitative estimate of drug-likeness (QED) is 0.369. The Morgan fingerprint density at radius 3 is 2.35 bits per heavy atom. The number of aryl methyl sites for hydroxylation is 2. The van der Waals surface area contributed by atoms with Gasteiger partial charge in [-0.05, 0) is 26.3 Å². The molecule has 0 aliphatic carbocycles. The van der Waals surface area contributed by atoms with E-state index in [1.165, 1.54) is 18.9 Å². The Hall–Kier alpha value is -0.620. The molecule has 0 bridgehead atoms. The minimum Gasteiger partial charge on any atom is -0.468 e. The van der Waals surface area contributed by atoms with Crippen LogP contribution < -0.4 is 0 Å². The first-order chi connectivity index (χ1) is 7.95. The number of methoxy groups -OCH3 is 1. The maximum Gasteiger partial charge on any atom is 0.320 e. The smallest absolute Gasteiger partial charge is 0.320 e. The third kappa shape index (κ3) is 3.96. The lowest BCUT2D eigenvalue weighted by Gasteiger charge is -2.08. The molecule has 94 valence electrons. The van der Waals surface area contributed by atoms with Gasteiger partial charge in [-0.2, -0.15) is 0 Å². The second-order valence-corrected chi connectivity index (χ2v) is 5.70. The first-order valence-electron chi connectivity index (χ1n) is 5.12. The average Bonchev–Trinajstić information content (AvgIpc) is 2.31. The van der Waals surface area contributed by atoms with Gasteiger partial charge in [-0.25, -0.2) is 9.97 Å². The zero-order chi connectivity index (χ0) is 13.0. The lowest BCUT2D eigenvalue weighted by molar-refractivity contribution is -0.139. The normalized spacial score (nSPS) is 12.3. The SMILES string of the molecule is COC(=O)C(Br)CSc1nc(C)c(C)c(C)n1. The van der Waals surface area contributed by atoms with Crippen molar-refractivity contribution in [2.75, 3.05) is 12.9 Å². The Morgan fingerprint density at radius 1 is 1.35 bits per heavy atom. The standard InChI is InChI=1S/C11H15BrN2O2S/c1-6-7(2)13-11(14-8(6)3)17-5-9(12)10(15)16-4/h9H,5H2,1-4H3. The summed E-state index contributed by atoms with van der Waals surface area (Å²) < 4.78 is 4.63. The molecular formula is C11H15BrN2O2S. The second kappa shape index (κ2) is 6.35. The molecule has 4 nitrogen and oxygen atoms in total. The fraction of sp³-hybridized carbons (Fsp3) is 0.545. The van der Waals surface area contributed by atoms with Crippen molar-refractivity contribution in [1.82, 2.24) is 9.97 Å². The van der Waals surface area contributed by atoms with Crippen LogP contribution in [-0.4, -0.2) is 33.6 Å². The molecular weight excluding hydrogens is 304 g/mol. The largest absolute Gasteiger partial charge is 0.468 e. The summed E-state index contributed by atoms with van der Waals surface area (Å²) in [6.45, 7) is 5.92. The molecule has 0 amide bonds. The molecule has 0 saturated carbocycles. The molecule has 0 spiro atoms. The first-order valence-corrected chi connectivity index (χ1v) is 7.02. The number of hydrogen-bond donors (Lipinski definition) is 0. The van der Waals surface area contributed by atoms with E-state index < -0.39 is 0 Å². The lowest BCUT2D eigenvalue weighted by Crippen LogP contribution is -2.18. The van der Waals surface area contributed by atoms with E-state index in [1.54, 1.807) is 0 Å². The Kier molecular flexibility index (Phi) is 5.39. The molecule has 1 aromatic heterocycles. The van der Waals surface area contributed by atoms with Gasteiger partial charge in [0.15, 0.2) is 5.16 Å². The number of alkyl halides is 1. The number of carbonyl (C=O) groups excluding carboxylic acids is 1. The van der Waals surface area contributed by atoms with Crippen molar-refractivity contribution in [2.45, 2.75) is 30.8 Å². The number of carbonyl (C=O) groups is 1. The number of halogens is 1. The van der Waals surface area contributed by atoms with Gasteiger partial charge in [-0.1, -0.05) is 27.7 Å². The van der Waals surface area contributed by atoms with Crippen molar-refractivity contribution >= 4 is 33.7 Å². The minimum atomic E-state index is -0.331. The predicted octanol–water partition coefficient (Wildman–Crippen LogP) is 2.43. The van der Waals surface area contributed by atoms with E-state index in [2.05, 4.69) is 30.6 Å². The van der Waals surface area contributed by atoms with Crippen LogP contribution in [0.5, 0.6) is 0 Å². The number of ether oxygens (including phenoxy) is 1. The van der Waals surface area contributed by atoms with Gasteiger partial charge in [-0.15, -0.1) is 0 Å². The van der Waals surface area contributed by atoms with E-state index in [9.17, 15) is 4.79 Å². The van der Waals surface area contributed by atoms with Crippen molar-refractivity contribution in [3.8, 4) is 0 Å². The van der Waals surface area contributed by atoms with Crippen LogP contribution in [0.3, 0.4) is 0 Å². The molecule has 0 N–H and O–H groups in total. The van der Waals surface area contributed by atoms with Gasteiger partial charge in [0.05, 0.1) is 7.11 Å². The topological polar surface area (TPSA) is 52.1 Å². The van der Waals surface area contributed by atoms with E-state index in [4.69, 9.17) is 0 Å². The third-order valence-electron chi connectivity index (χ3n) is 2.43. The Bertz CT molecular complexity index is 403. The van der Waals surface area contributed by atoms with Gasteiger partial charge < -0.3 is 4.74 Å². The molecule has 6 heteroatoms. The number of nitrogens with zero attached hydrogens (tertiary/aromatic N) is 2. The highest BCUT2D eigenvalue weighted by molar-refractivity contribution is 9.10. The molecule has 1 rings (SSSR count). The monoisotopic (exact) mass is 318 g/mol. The molecule has 17 heavy (non-hydrogen) atoms. The molecule has 0 aliphatic heterocycles. The van der Waals surface area contributed by atoms with Crippen LogP contribution in [0.1, 0.15) is 17.0 Å². The molecule has 0 saturated heterocycles. The summed E-state index contributed by atoms with van der Waals surface area (Å²) in [7, 11) is 1.37. The second-order valence-electron chi connectivity index (χ2n) is 3.60. The van der Waals surface area contributed by atoms with Crippen molar-refractivity contribution in [3.05, 3.63) is 17.0 Å². The summed E-state index contributed by atoms with van der Waals surface area (Å²) in [5, 5.41) is 0.693.